The van der Waals surface area contributed by atoms with Crippen LogP contribution in [0.2, 0.25) is 0 Å². The van der Waals surface area contributed by atoms with Gasteiger partial charge in [0.15, 0.2) is 5.78 Å². The van der Waals surface area contributed by atoms with E-state index in [4.69, 9.17) is 0 Å². The van der Waals surface area contributed by atoms with Crippen molar-refractivity contribution >= 4 is 15.2 Å². The fourth-order valence-electron chi connectivity index (χ4n) is 0.621. The van der Waals surface area contributed by atoms with E-state index in [0.717, 1.165) is 5.56 Å². The largest absolute Gasteiger partial charge is 0.338 e. The number of carbonyl (C=O) groups excluding carboxylic acids is 1. The molecule has 1 aromatic rings. The van der Waals surface area contributed by atoms with Crippen LogP contribution in [0.4, 0.5) is 0 Å². The minimum atomic E-state index is 0.108. The summed E-state index contributed by atoms with van der Waals surface area (Å²) >= 11 is 0. The van der Waals surface area contributed by atoms with E-state index < -0.39 is 0 Å². The van der Waals surface area contributed by atoms with Crippen LogP contribution >= 0.6 is 9.39 Å². The minimum absolute atomic E-state index is 0.108. The average molecular weight is 141 g/mol. The molecule has 1 rings (SSSR count). The van der Waals surface area contributed by atoms with Crippen LogP contribution in [0.3, 0.4) is 0 Å². The number of rotatable bonds is 1. The molecule has 0 radical (unpaired) electrons. The lowest BCUT2D eigenvalue weighted by molar-refractivity contribution is 0.101. The lowest BCUT2D eigenvalue weighted by Gasteiger charge is -1.84. The van der Waals surface area contributed by atoms with Crippen molar-refractivity contribution in [3.05, 3.63) is 24.0 Å². The number of Topliss-reactive ketones (excluding diaryl/α,β-unsaturated/α-hetero) is 1. The molecule has 0 N–H and O–H groups in total. The molecule has 0 aliphatic rings. The number of nitrogens with zero attached hydrogens (tertiary/aromatic N) is 1. The van der Waals surface area contributed by atoms with Crippen LogP contribution in [0.1, 0.15) is 17.3 Å². The summed E-state index contributed by atoms with van der Waals surface area (Å²) in [5.41, 5.74) is 0.755. The molecule has 0 spiro atoms. The van der Waals surface area contributed by atoms with Crippen molar-refractivity contribution in [2.45, 2.75) is 6.92 Å². The maximum Gasteiger partial charge on any atom is 0.161 e. The normalized spacial score (nSPS) is 9.56. The Balaban J connectivity index is 2.98. The third kappa shape index (κ3) is 1.39. The van der Waals surface area contributed by atoms with Crippen molar-refractivity contribution in [3.8, 4) is 0 Å². The molecule has 0 amide bonds. The molecule has 0 aliphatic carbocycles. The molecule has 48 valence electrons. The zero-order valence-corrected chi connectivity index (χ0v) is 6.32. The topological polar surface area (TPSA) is 22.0 Å². The molecular formula is C6H8NOP. The van der Waals surface area contributed by atoms with Crippen molar-refractivity contribution in [3.63, 3.8) is 0 Å². The monoisotopic (exact) mass is 141 g/mol. The van der Waals surface area contributed by atoms with Crippen molar-refractivity contribution in [2.24, 2.45) is 0 Å². The standard InChI is InChI=1S/C6H8NOP/c1-5(8)6-2-3-7(9)4-6/h2-4H,9H2,1H3. The third-order valence-electron chi connectivity index (χ3n) is 1.12. The van der Waals surface area contributed by atoms with Crippen LogP contribution in [0.25, 0.3) is 0 Å². The lowest BCUT2D eigenvalue weighted by Crippen LogP contribution is -1.86. The lowest BCUT2D eigenvalue weighted by atomic mass is 10.2. The molecule has 1 unspecified atom stereocenters. The number of hydrogen-bond donors (Lipinski definition) is 0. The van der Waals surface area contributed by atoms with Gasteiger partial charge in [-0.3, -0.25) is 4.79 Å². The first-order valence-electron chi connectivity index (χ1n) is 2.64. The molecule has 3 heteroatoms. The fraction of sp³-hybridized carbons (Fsp3) is 0.167. The Morgan fingerprint density at radius 2 is 2.44 bits per heavy atom. The zero-order chi connectivity index (χ0) is 6.85. The van der Waals surface area contributed by atoms with E-state index in [0.29, 0.717) is 0 Å². The Morgan fingerprint density at radius 3 is 2.67 bits per heavy atom. The molecular weight excluding hydrogens is 133 g/mol. The van der Waals surface area contributed by atoms with Crippen LogP contribution in [0.5, 0.6) is 0 Å². The summed E-state index contributed by atoms with van der Waals surface area (Å²) in [4.78, 5) is 10.6. The van der Waals surface area contributed by atoms with Gasteiger partial charge in [-0.15, -0.1) is 0 Å². The van der Waals surface area contributed by atoms with Gasteiger partial charge in [0, 0.05) is 18.0 Å². The van der Waals surface area contributed by atoms with E-state index in [9.17, 15) is 4.79 Å². The molecule has 0 aromatic carbocycles. The van der Waals surface area contributed by atoms with Gasteiger partial charge in [-0.1, -0.05) is 0 Å². The summed E-state index contributed by atoms with van der Waals surface area (Å²) in [5.74, 6) is 0.108. The molecule has 0 saturated heterocycles. The molecule has 0 saturated carbocycles. The highest BCUT2D eigenvalue weighted by atomic mass is 31.0. The maximum atomic E-state index is 10.6. The summed E-state index contributed by atoms with van der Waals surface area (Å²) < 4.78 is 1.77. The quantitative estimate of drug-likeness (QED) is 0.427. The van der Waals surface area contributed by atoms with Crippen molar-refractivity contribution in [2.75, 3.05) is 0 Å². The van der Waals surface area contributed by atoms with Crippen LogP contribution in [0.15, 0.2) is 18.5 Å². The van der Waals surface area contributed by atoms with Gasteiger partial charge in [-0.05, 0) is 22.4 Å². The van der Waals surface area contributed by atoms with Gasteiger partial charge in [-0.2, -0.15) is 0 Å². The van der Waals surface area contributed by atoms with E-state index in [-0.39, 0.29) is 5.78 Å². The predicted octanol–water partition coefficient (Wildman–Crippen LogP) is 1.33. The molecule has 0 fully saturated rings. The predicted molar refractivity (Wildman–Crippen MR) is 39.5 cm³/mol. The van der Waals surface area contributed by atoms with Crippen molar-refractivity contribution in [1.82, 2.24) is 4.34 Å². The van der Waals surface area contributed by atoms with Gasteiger partial charge in [-0.25, -0.2) is 0 Å². The Labute approximate surface area is 56.1 Å². The highest BCUT2D eigenvalue weighted by molar-refractivity contribution is 7.14. The Kier molecular flexibility index (Phi) is 1.68. The van der Waals surface area contributed by atoms with Gasteiger partial charge in [0.2, 0.25) is 0 Å². The SMILES string of the molecule is CC(=O)c1ccn(P)c1. The molecule has 1 heterocycles. The smallest absolute Gasteiger partial charge is 0.161 e. The van der Waals surface area contributed by atoms with Gasteiger partial charge in [0.25, 0.3) is 0 Å². The van der Waals surface area contributed by atoms with Crippen LogP contribution in [-0.4, -0.2) is 10.1 Å². The Hall–Kier alpha value is -0.620. The first kappa shape index (κ1) is 6.50. The van der Waals surface area contributed by atoms with E-state index in [2.05, 4.69) is 9.39 Å². The second kappa shape index (κ2) is 2.32. The molecule has 0 aliphatic heterocycles. The second-order valence-electron chi connectivity index (χ2n) is 1.90. The zero-order valence-electron chi connectivity index (χ0n) is 5.16. The first-order chi connectivity index (χ1) is 4.20. The molecule has 1 aromatic heterocycles. The molecule has 2 nitrogen and oxygen atoms in total. The minimum Gasteiger partial charge on any atom is -0.338 e. The third-order valence-corrected chi connectivity index (χ3v) is 1.44. The summed E-state index contributed by atoms with van der Waals surface area (Å²) in [6.45, 7) is 1.56. The summed E-state index contributed by atoms with van der Waals surface area (Å²) in [5, 5.41) is 0. The number of hydrogen-bond acceptors (Lipinski definition) is 1. The van der Waals surface area contributed by atoms with E-state index in [1.807, 2.05) is 6.20 Å². The van der Waals surface area contributed by atoms with E-state index >= 15 is 0 Å². The second-order valence-corrected chi connectivity index (χ2v) is 2.50. The van der Waals surface area contributed by atoms with Crippen molar-refractivity contribution in [1.29, 1.82) is 0 Å². The van der Waals surface area contributed by atoms with Gasteiger partial charge in [0.05, 0.1) is 0 Å². The van der Waals surface area contributed by atoms with Gasteiger partial charge < -0.3 is 4.34 Å². The first-order valence-corrected chi connectivity index (χ1v) is 3.16. The number of aromatic nitrogens is 1. The van der Waals surface area contributed by atoms with Crippen LogP contribution < -0.4 is 0 Å². The van der Waals surface area contributed by atoms with E-state index in [1.165, 1.54) is 0 Å². The highest BCUT2D eigenvalue weighted by Gasteiger charge is 1.97. The highest BCUT2D eigenvalue weighted by Crippen LogP contribution is 2.03. The summed E-state index contributed by atoms with van der Waals surface area (Å²) in [6.07, 6.45) is 3.59. The molecule has 9 heavy (non-hydrogen) atoms. The van der Waals surface area contributed by atoms with Crippen LogP contribution in [0, 0.1) is 0 Å². The summed E-state index contributed by atoms with van der Waals surface area (Å²) in [6, 6.07) is 1.79. The van der Waals surface area contributed by atoms with E-state index in [1.54, 1.807) is 23.5 Å². The summed E-state index contributed by atoms with van der Waals surface area (Å²) in [7, 11) is 2.46. The molecule has 0 bridgehead atoms. The number of carbonyl (C=O) groups is 1. The molecule has 1 atom stereocenters. The van der Waals surface area contributed by atoms with Crippen LogP contribution in [-0.2, 0) is 0 Å². The average Bonchev–Trinajstić information content (AvgIpc) is 2.14. The van der Waals surface area contributed by atoms with Gasteiger partial charge in [0.1, 0.15) is 0 Å². The Bertz CT molecular complexity index is 229. The number of ketones is 1. The van der Waals surface area contributed by atoms with Crippen molar-refractivity contribution < 1.29 is 4.79 Å². The Morgan fingerprint density at radius 1 is 1.78 bits per heavy atom. The fourth-order valence-corrected chi connectivity index (χ4v) is 0.868. The van der Waals surface area contributed by atoms with Gasteiger partial charge >= 0.3 is 0 Å². The maximum absolute atomic E-state index is 10.6.